The number of ether oxygens (including phenoxy) is 1. The number of benzene rings is 3. The smallest absolute Gasteiger partial charge is 1.00 e. The van der Waals surface area contributed by atoms with E-state index in [2.05, 4.69) is 5.10 Å². The molecule has 1 heterocycles. The summed E-state index contributed by atoms with van der Waals surface area (Å²) in [5.74, 6) is -0.678. The maximum atomic E-state index is 12.2. The van der Waals surface area contributed by atoms with Gasteiger partial charge in [-0.2, -0.15) is 5.10 Å². The van der Waals surface area contributed by atoms with E-state index in [1.165, 1.54) is 7.11 Å². The molecule has 5 nitrogen and oxygen atoms in total. The van der Waals surface area contributed by atoms with Crippen molar-refractivity contribution in [3.63, 3.8) is 0 Å². The van der Waals surface area contributed by atoms with E-state index in [0.717, 1.165) is 0 Å². The summed E-state index contributed by atoms with van der Waals surface area (Å²) in [5, 5.41) is 15.4. The number of methoxy groups -OCH3 is 1. The molecule has 4 rings (SSSR count). The first-order valence-corrected chi connectivity index (χ1v) is 9.76. The number of halogens is 2. The maximum absolute atomic E-state index is 12.2. The first-order chi connectivity index (χ1) is 14.5. The number of nitrogens with zero attached hydrogens (tertiary/aromatic N) is 2. The van der Waals surface area contributed by atoms with Crippen molar-refractivity contribution in [2.24, 2.45) is 0 Å². The number of hydrogen-bond acceptors (Lipinski definition) is 3. The number of aromatic nitrogens is 2. The standard InChI is InChI=1S/C23H16Cl2N2O3.Li.H/c1-30-19-11-10-16(25)13-18(19)20-21(23(28)29)26-27(17-8-3-2-4-9-17)22(20)14-6-5-7-15(24)12-14;;/h2-13H,1H3,(H,28,29);;/q;+1;-1. The molecule has 0 saturated heterocycles. The zero-order valence-electron chi connectivity index (χ0n) is 17.8. The van der Waals surface area contributed by atoms with Crippen molar-refractivity contribution in [2.45, 2.75) is 0 Å². The van der Waals surface area contributed by atoms with Gasteiger partial charge in [0.2, 0.25) is 0 Å². The summed E-state index contributed by atoms with van der Waals surface area (Å²) in [7, 11) is 1.52. The Bertz CT molecular complexity index is 1250. The molecule has 0 aliphatic carbocycles. The Hall–Kier alpha value is -2.68. The predicted molar refractivity (Wildman–Crippen MR) is 119 cm³/mol. The second kappa shape index (κ2) is 9.63. The first kappa shape index (κ1) is 23.0. The average molecular weight is 447 g/mol. The van der Waals surface area contributed by atoms with Crippen molar-refractivity contribution >= 4 is 29.2 Å². The number of aromatic carboxylic acids is 1. The quantitative estimate of drug-likeness (QED) is 0.477. The van der Waals surface area contributed by atoms with Crippen LogP contribution in [0.15, 0.2) is 72.8 Å². The van der Waals surface area contributed by atoms with Gasteiger partial charge in [0.15, 0.2) is 5.69 Å². The van der Waals surface area contributed by atoms with Crippen LogP contribution in [0.4, 0.5) is 0 Å². The Morgan fingerprint density at radius 2 is 1.71 bits per heavy atom. The summed E-state index contributed by atoms with van der Waals surface area (Å²) in [6.45, 7) is 0. The number of carboxylic acid groups (broad SMARTS) is 1. The monoisotopic (exact) mass is 446 g/mol. The van der Waals surface area contributed by atoms with Crippen molar-refractivity contribution in [1.29, 1.82) is 0 Å². The van der Waals surface area contributed by atoms with Gasteiger partial charge in [-0.1, -0.05) is 53.5 Å². The Morgan fingerprint density at radius 3 is 2.35 bits per heavy atom. The molecule has 3 aromatic carbocycles. The molecule has 0 aliphatic rings. The summed E-state index contributed by atoms with van der Waals surface area (Å²) in [6, 6.07) is 21.5. The molecule has 0 saturated carbocycles. The Morgan fingerprint density at radius 1 is 1.00 bits per heavy atom. The number of carbonyl (C=O) groups is 1. The topological polar surface area (TPSA) is 64.3 Å². The zero-order chi connectivity index (χ0) is 21.3. The third-order valence-electron chi connectivity index (χ3n) is 4.62. The molecule has 0 unspecified atom stereocenters. The largest absolute Gasteiger partial charge is 1.00 e. The molecule has 0 bridgehead atoms. The zero-order valence-corrected chi connectivity index (χ0v) is 18.4. The van der Waals surface area contributed by atoms with Crippen LogP contribution >= 0.6 is 23.2 Å². The fourth-order valence-corrected chi connectivity index (χ4v) is 3.72. The maximum Gasteiger partial charge on any atom is 1.00 e. The van der Waals surface area contributed by atoms with Crippen LogP contribution in [-0.2, 0) is 0 Å². The van der Waals surface area contributed by atoms with Gasteiger partial charge in [-0.25, -0.2) is 9.48 Å². The predicted octanol–water partition coefficient (Wildman–Crippen LogP) is 3.34. The molecule has 0 spiro atoms. The molecule has 0 atom stereocenters. The second-order valence-electron chi connectivity index (χ2n) is 6.48. The summed E-state index contributed by atoms with van der Waals surface area (Å²) in [4.78, 5) is 12.2. The average Bonchev–Trinajstić information content (AvgIpc) is 3.15. The van der Waals surface area contributed by atoms with E-state index < -0.39 is 5.97 Å². The molecule has 4 aromatic rings. The van der Waals surface area contributed by atoms with Crippen molar-refractivity contribution in [3.8, 4) is 33.8 Å². The van der Waals surface area contributed by atoms with E-state index in [-0.39, 0.29) is 26.0 Å². The van der Waals surface area contributed by atoms with Crippen LogP contribution in [0.2, 0.25) is 10.0 Å². The van der Waals surface area contributed by atoms with Crippen molar-refractivity contribution in [2.75, 3.05) is 7.11 Å². The minimum absolute atomic E-state index is 0. The van der Waals surface area contributed by atoms with Gasteiger partial charge in [0.1, 0.15) is 5.75 Å². The minimum Gasteiger partial charge on any atom is -1.00 e. The van der Waals surface area contributed by atoms with E-state index in [1.54, 1.807) is 41.1 Å². The number of rotatable bonds is 5. The molecule has 0 aliphatic heterocycles. The van der Waals surface area contributed by atoms with Crippen molar-refractivity contribution in [3.05, 3.63) is 88.5 Å². The van der Waals surface area contributed by atoms with Gasteiger partial charge < -0.3 is 11.3 Å². The SMILES string of the molecule is COc1ccc(Cl)cc1-c1c(C(=O)O)nn(-c2ccccc2)c1-c1cccc(Cl)c1.[H-].[Li+]. The molecular formula is C23H17Cl2LiN2O3. The summed E-state index contributed by atoms with van der Waals surface area (Å²) < 4.78 is 7.11. The summed E-state index contributed by atoms with van der Waals surface area (Å²) >= 11 is 12.5. The normalized spacial score (nSPS) is 10.4. The van der Waals surface area contributed by atoms with E-state index >= 15 is 0 Å². The Kier molecular flexibility index (Phi) is 7.14. The fourth-order valence-electron chi connectivity index (χ4n) is 3.36. The number of hydrogen-bond donors (Lipinski definition) is 1. The number of para-hydroxylation sites is 1. The van der Waals surface area contributed by atoms with Crippen LogP contribution in [0.3, 0.4) is 0 Å². The second-order valence-corrected chi connectivity index (χ2v) is 7.35. The summed E-state index contributed by atoms with van der Waals surface area (Å²) in [5.41, 5.74) is 2.80. The molecule has 152 valence electrons. The Labute approximate surface area is 202 Å². The van der Waals surface area contributed by atoms with Gasteiger partial charge in [-0.05, 0) is 42.5 Å². The van der Waals surface area contributed by atoms with Gasteiger partial charge in [-0.15, -0.1) is 0 Å². The molecule has 31 heavy (non-hydrogen) atoms. The number of carboxylic acids is 1. The van der Waals surface area contributed by atoms with Gasteiger partial charge in [0.25, 0.3) is 0 Å². The van der Waals surface area contributed by atoms with Crippen LogP contribution in [0, 0.1) is 0 Å². The molecule has 0 amide bonds. The molecule has 0 fully saturated rings. The third kappa shape index (κ3) is 4.51. The minimum atomic E-state index is -1.16. The van der Waals surface area contributed by atoms with Gasteiger partial charge in [0.05, 0.1) is 18.5 Å². The van der Waals surface area contributed by atoms with E-state index in [1.807, 2.05) is 36.4 Å². The van der Waals surface area contributed by atoms with Crippen LogP contribution < -0.4 is 23.6 Å². The van der Waals surface area contributed by atoms with Gasteiger partial charge in [0, 0.05) is 26.7 Å². The van der Waals surface area contributed by atoms with E-state index in [0.29, 0.717) is 43.9 Å². The van der Waals surface area contributed by atoms with Crippen LogP contribution in [0.1, 0.15) is 11.9 Å². The van der Waals surface area contributed by atoms with Crippen molar-refractivity contribution < 1.29 is 34.9 Å². The summed E-state index contributed by atoms with van der Waals surface area (Å²) in [6.07, 6.45) is 0. The van der Waals surface area contributed by atoms with Gasteiger partial charge >= 0.3 is 24.8 Å². The molecule has 1 N–H and O–H groups in total. The van der Waals surface area contributed by atoms with E-state index in [4.69, 9.17) is 27.9 Å². The third-order valence-corrected chi connectivity index (χ3v) is 5.09. The molecule has 0 radical (unpaired) electrons. The van der Waals surface area contributed by atoms with E-state index in [9.17, 15) is 9.90 Å². The molecular weight excluding hydrogens is 430 g/mol. The van der Waals surface area contributed by atoms with Crippen LogP contribution in [0.25, 0.3) is 28.1 Å². The molecule has 1 aromatic heterocycles. The van der Waals surface area contributed by atoms with Crippen LogP contribution in [0.5, 0.6) is 5.75 Å². The first-order valence-electron chi connectivity index (χ1n) is 9.01. The molecule has 8 heteroatoms. The van der Waals surface area contributed by atoms with Crippen LogP contribution in [-0.4, -0.2) is 28.0 Å². The van der Waals surface area contributed by atoms with Crippen molar-refractivity contribution in [1.82, 2.24) is 9.78 Å². The Balaban J connectivity index is 0.00000181. The fraction of sp³-hybridized carbons (Fsp3) is 0.0435. The van der Waals surface area contributed by atoms with Gasteiger partial charge in [-0.3, -0.25) is 0 Å².